The molecule has 0 aromatic heterocycles. The average molecular weight is 288 g/mol. The van der Waals surface area contributed by atoms with Gasteiger partial charge in [-0.1, -0.05) is 0 Å². The number of fused-ring (bicyclic) bond motifs is 1. The van der Waals surface area contributed by atoms with Crippen LogP contribution in [0.5, 0.6) is 0 Å². The summed E-state index contributed by atoms with van der Waals surface area (Å²) >= 11 is 0. The Bertz CT molecular complexity index is 411. The molecule has 2 fully saturated rings. The number of aliphatic carboxylic acids is 1. The molecule has 0 bridgehead atoms. The number of carboxylic acid groups (broad SMARTS) is 1. The van der Waals surface area contributed by atoms with E-state index >= 15 is 0 Å². The number of hydrogen-bond acceptors (Lipinski definition) is 6. The Morgan fingerprint density at radius 1 is 1.50 bits per heavy atom. The number of amides is 1. The fourth-order valence-corrected chi connectivity index (χ4v) is 2.64. The number of carboxylic acids is 1. The largest absolute Gasteiger partial charge is 0.480 e. The van der Waals surface area contributed by atoms with E-state index in [1.54, 1.807) is 0 Å². The first-order valence-corrected chi connectivity index (χ1v) is 6.61. The summed E-state index contributed by atoms with van der Waals surface area (Å²) in [6.07, 6.45) is -0.253. The van der Waals surface area contributed by atoms with E-state index in [0.717, 1.165) is 0 Å². The summed E-state index contributed by atoms with van der Waals surface area (Å²) in [6.45, 7) is 1.47. The number of rotatable bonds is 5. The molecule has 114 valence electrons. The summed E-state index contributed by atoms with van der Waals surface area (Å²) in [5.74, 6) is -3.61. The zero-order valence-corrected chi connectivity index (χ0v) is 11.2. The van der Waals surface area contributed by atoms with Gasteiger partial charge in [0.15, 0.2) is 5.79 Å². The summed E-state index contributed by atoms with van der Waals surface area (Å²) < 4.78 is 5.21. The Balaban J connectivity index is 1.93. The molecule has 0 aromatic rings. The Morgan fingerprint density at radius 3 is 2.70 bits per heavy atom. The van der Waals surface area contributed by atoms with Crippen molar-refractivity contribution in [3.63, 3.8) is 0 Å². The number of ether oxygens (including phenoxy) is 1. The molecular weight excluding hydrogens is 268 g/mol. The number of hydrogen-bond donors (Lipinski definition) is 5. The highest BCUT2D eigenvalue weighted by Gasteiger charge is 2.60. The van der Waals surface area contributed by atoms with Gasteiger partial charge < -0.3 is 31.1 Å². The number of nitrogens with two attached hydrogens (primary N) is 1. The van der Waals surface area contributed by atoms with Crippen molar-refractivity contribution < 1.29 is 29.6 Å². The van der Waals surface area contributed by atoms with Crippen LogP contribution in [0, 0.1) is 5.92 Å². The normalized spacial score (nSPS) is 33.7. The van der Waals surface area contributed by atoms with Crippen molar-refractivity contribution >= 4 is 11.9 Å². The maximum Gasteiger partial charge on any atom is 0.326 e. The first-order chi connectivity index (χ1) is 9.22. The maximum absolute atomic E-state index is 11.5. The fraction of sp³-hybridized carbons (Fsp3) is 0.833. The van der Waals surface area contributed by atoms with Gasteiger partial charge in [-0.3, -0.25) is 4.79 Å². The predicted octanol–water partition coefficient (Wildman–Crippen LogP) is -1.85. The molecule has 0 radical (unpaired) electrons. The highest BCUT2D eigenvalue weighted by atomic mass is 16.6. The van der Waals surface area contributed by atoms with Gasteiger partial charge in [0.2, 0.25) is 5.91 Å². The highest BCUT2D eigenvalue weighted by molar-refractivity contribution is 5.86. The van der Waals surface area contributed by atoms with E-state index < -0.39 is 35.9 Å². The van der Waals surface area contributed by atoms with Crippen LogP contribution < -0.4 is 11.1 Å². The number of carbonyl (C=O) groups is 2. The van der Waals surface area contributed by atoms with Crippen LogP contribution in [0.4, 0.5) is 0 Å². The Kier molecular flexibility index (Phi) is 4.01. The average Bonchev–Trinajstić information content (AvgIpc) is 3.12. The van der Waals surface area contributed by atoms with E-state index in [1.165, 1.54) is 6.92 Å². The maximum atomic E-state index is 11.5. The van der Waals surface area contributed by atoms with Crippen LogP contribution in [0.3, 0.4) is 0 Å². The molecule has 2 rings (SSSR count). The number of epoxide rings is 1. The number of aliphatic hydroxyl groups is 2. The number of carbonyl (C=O) groups excluding carboxylic acids is 1. The van der Waals surface area contributed by atoms with E-state index in [1.807, 2.05) is 0 Å². The molecule has 1 aliphatic carbocycles. The third-order valence-corrected chi connectivity index (χ3v) is 3.90. The van der Waals surface area contributed by atoms with Gasteiger partial charge in [-0.05, 0) is 25.7 Å². The molecule has 0 aromatic carbocycles. The van der Waals surface area contributed by atoms with Gasteiger partial charge in [-0.25, -0.2) is 4.79 Å². The highest BCUT2D eigenvalue weighted by Crippen LogP contribution is 2.46. The summed E-state index contributed by atoms with van der Waals surface area (Å²) in [5, 5.41) is 30.7. The lowest BCUT2D eigenvalue weighted by atomic mass is 9.81. The minimum atomic E-state index is -1.82. The molecular formula is C12H20N2O6. The van der Waals surface area contributed by atoms with Crippen molar-refractivity contribution in [3.05, 3.63) is 0 Å². The molecule has 6 N–H and O–H groups in total. The van der Waals surface area contributed by atoms with Crippen molar-refractivity contribution in [1.29, 1.82) is 0 Å². The molecule has 20 heavy (non-hydrogen) atoms. The second-order valence-electron chi connectivity index (χ2n) is 5.62. The van der Waals surface area contributed by atoms with Crippen molar-refractivity contribution in [3.8, 4) is 0 Å². The van der Waals surface area contributed by atoms with Gasteiger partial charge in [0.05, 0.1) is 12.1 Å². The lowest BCUT2D eigenvalue weighted by molar-refractivity contribution is -0.186. The minimum absolute atomic E-state index is 0.123. The van der Waals surface area contributed by atoms with E-state index in [2.05, 4.69) is 5.32 Å². The van der Waals surface area contributed by atoms with Crippen molar-refractivity contribution in [2.75, 3.05) is 0 Å². The van der Waals surface area contributed by atoms with Crippen molar-refractivity contribution in [2.24, 2.45) is 11.7 Å². The van der Waals surface area contributed by atoms with Crippen LogP contribution in [0.25, 0.3) is 0 Å². The fourth-order valence-electron chi connectivity index (χ4n) is 2.64. The Hall–Kier alpha value is -1.22. The summed E-state index contributed by atoms with van der Waals surface area (Å²) in [5.41, 5.74) is 5.39. The van der Waals surface area contributed by atoms with Gasteiger partial charge >= 0.3 is 5.97 Å². The second-order valence-corrected chi connectivity index (χ2v) is 5.62. The lowest BCUT2D eigenvalue weighted by Crippen LogP contribution is -2.49. The molecule has 1 heterocycles. The SMILES string of the molecule is C[C@H](N)C(=O)N[C@@H](C[C@@H]1CCC(O)(O)[C@H]2O[C@@H]12)C(=O)O. The predicted molar refractivity (Wildman–Crippen MR) is 66.4 cm³/mol. The van der Waals surface area contributed by atoms with Gasteiger partial charge in [0, 0.05) is 6.42 Å². The molecule has 1 saturated carbocycles. The van der Waals surface area contributed by atoms with Gasteiger partial charge in [0.1, 0.15) is 12.1 Å². The molecule has 0 spiro atoms. The molecule has 2 aliphatic rings. The number of nitrogens with one attached hydrogen (secondary N) is 1. The Morgan fingerprint density at radius 2 is 2.15 bits per heavy atom. The van der Waals surface area contributed by atoms with E-state index in [9.17, 15) is 19.8 Å². The van der Waals surface area contributed by atoms with Crippen LogP contribution >= 0.6 is 0 Å². The molecule has 1 aliphatic heterocycles. The van der Waals surface area contributed by atoms with Gasteiger partial charge in [0.25, 0.3) is 0 Å². The van der Waals surface area contributed by atoms with E-state index in [-0.39, 0.29) is 24.9 Å². The summed E-state index contributed by atoms with van der Waals surface area (Å²) in [7, 11) is 0. The third kappa shape index (κ3) is 3.09. The minimum Gasteiger partial charge on any atom is -0.480 e. The smallest absolute Gasteiger partial charge is 0.326 e. The molecule has 8 heteroatoms. The third-order valence-electron chi connectivity index (χ3n) is 3.90. The zero-order valence-electron chi connectivity index (χ0n) is 11.2. The van der Waals surface area contributed by atoms with Gasteiger partial charge in [-0.15, -0.1) is 0 Å². The first-order valence-electron chi connectivity index (χ1n) is 6.61. The zero-order chi connectivity index (χ0) is 15.1. The van der Waals surface area contributed by atoms with Crippen LogP contribution in [-0.2, 0) is 14.3 Å². The molecule has 8 nitrogen and oxygen atoms in total. The van der Waals surface area contributed by atoms with Crippen molar-refractivity contribution in [1.82, 2.24) is 5.32 Å². The van der Waals surface area contributed by atoms with Crippen molar-refractivity contribution in [2.45, 2.75) is 56.3 Å². The topological polar surface area (TPSA) is 145 Å². The van der Waals surface area contributed by atoms with Crippen LogP contribution in [-0.4, -0.2) is 57.3 Å². The second kappa shape index (κ2) is 5.28. The van der Waals surface area contributed by atoms with E-state index in [4.69, 9.17) is 15.6 Å². The molecule has 5 atom stereocenters. The molecule has 0 unspecified atom stereocenters. The molecule has 1 saturated heterocycles. The Labute approximate surface area is 115 Å². The summed E-state index contributed by atoms with van der Waals surface area (Å²) in [4.78, 5) is 22.7. The van der Waals surface area contributed by atoms with E-state index in [0.29, 0.717) is 6.42 Å². The monoisotopic (exact) mass is 288 g/mol. The standard InChI is InChI=1S/C12H20N2O6/c1-5(13)10(15)14-7(11(16)17)4-6-2-3-12(18,19)9-8(6)20-9/h5-9,18-19H,2-4,13H2,1H3,(H,14,15)(H,16,17)/t5-,6-,7-,8-,9-/m0/s1. The quantitative estimate of drug-likeness (QED) is 0.295. The first kappa shape index (κ1) is 15.2. The van der Waals surface area contributed by atoms with Crippen LogP contribution in [0.2, 0.25) is 0 Å². The lowest BCUT2D eigenvalue weighted by Gasteiger charge is -2.29. The van der Waals surface area contributed by atoms with Crippen LogP contribution in [0.15, 0.2) is 0 Å². The van der Waals surface area contributed by atoms with Gasteiger partial charge in [-0.2, -0.15) is 0 Å². The van der Waals surface area contributed by atoms with Crippen LogP contribution in [0.1, 0.15) is 26.2 Å². The molecule has 1 amide bonds. The summed E-state index contributed by atoms with van der Waals surface area (Å²) in [6, 6.07) is -1.83.